The smallest absolute Gasteiger partial charge is 0.229 e. The molecule has 0 spiro atoms. The summed E-state index contributed by atoms with van der Waals surface area (Å²) in [5.41, 5.74) is 6.47. The van der Waals surface area contributed by atoms with Gasteiger partial charge in [0.05, 0.1) is 22.2 Å². The van der Waals surface area contributed by atoms with E-state index in [1.807, 2.05) is 17.5 Å². The largest absolute Gasteiger partial charge is 0.396 e. The summed E-state index contributed by atoms with van der Waals surface area (Å²) in [6.07, 6.45) is 0.331. The topological polar surface area (TPSA) is 55.1 Å². The van der Waals surface area contributed by atoms with Gasteiger partial charge in [0.15, 0.2) is 0 Å². The average Bonchev–Trinajstić information content (AvgIpc) is 2.78. The lowest BCUT2D eigenvalue weighted by atomic mass is 10.2. The van der Waals surface area contributed by atoms with Gasteiger partial charge >= 0.3 is 0 Å². The minimum absolute atomic E-state index is 0.116. The van der Waals surface area contributed by atoms with Crippen molar-refractivity contribution in [3.8, 4) is 0 Å². The monoisotopic (exact) mass is 300 g/mol. The van der Waals surface area contributed by atoms with Crippen molar-refractivity contribution >= 4 is 51.8 Å². The van der Waals surface area contributed by atoms with Gasteiger partial charge in [-0.1, -0.05) is 29.3 Å². The Bertz CT molecular complexity index is 546. The van der Waals surface area contributed by atoms with Crippen LogP contribution in [0.3, 0.4) is 0 Å². The maximum Gasteiger partial charge on any atom is 0.229 e. The summed E-state index contributed by atoms with van der Waals surface area (Å²) in [5.74, 6) is -0.116. The summed E-state index contributed by atoms with van der Waals surface area (Å²) in [5, 5.41) is 5.32. The molecule has 1 aromatic carbocycles. The van der Waals surface area contributed by atoms with Crippen molar-refractivity contribution in [1.82, 2.24) is 0 Å². The molecular formula is C12H10Cl2N2OS. The number of carbonyl (C=O) groups is 1. The minimum Gasteiger partial charge on any atom is -0.396 e. The number of rotatable bonds is 3. The van der Waals surface area contributed by atoms with Crippen LogP contribution in [-0.4, -0.2) is 5.91 Å². The number of anilines is 2. The van der Waals surface area contributed by atoms with Gasteiger partial charge in [-0.2, -0.15) is 0 Å². The van der Waals surface area contributed by atoms with Crippen LogP contribution in [0, 0.1) is 0 Å². The predicted octanol–water partition coefficient (Wildman–Crippen LogP) is 3.82. The highest BCUT2D eigenvalue weighted by Crippen LogP contribution is 2.31. The molecule has 0 aliphatic carbocycles. The first kappa shape index (κ1) is 13.2. The molecule has 1 amide bonds. The van der Waals surface area contributed by atoms with E-state index in [2.05, 4.69) is 5.32 Å². The number of amides is 1. The van der Waals surface area contributed by atoms with Crippen LogP contribution in [0.25, 0.3) is 0 Å². The molecular weight excluding hydrogens is 291 g/mol. The van der Waals surface area contributed by atoms with Gasteiger partial charge in [-0.25, -0.2) is 0 Å². The number of hydrogen-bond donors (Lipinski definition) is 2. The number of thiophene rings is 1. The molecule has 0 saturated heterocycles. The Balaban J connectivity index is 2.07. The first-order chi connectivity index (χ1) is 8.56. The predicted molar refractivity (Wildman–Crippen MR) is 77.5 cm³/mol. The van der Waals surface area contributed by atoms with Crippen LogP contribution in [0.4, 0.5) is 11.4 Å². The molecule has 0 saturated carbocycles. The summed E-state index contributed by atoms with van der Waals surface area (Å²) >= 11 is 13.3. The molecule has 0 unspecified atom stereocenters. The molecule has 18 heavy (non-hydrogen) atoms. The van der Waals surface area contributed by atoms with Crippen molar-refractivity contribution in [1.29, 1.82) is 0 Å². The van der Waals surface area contributed by atoms with E-state index in [9.17, 15) is 4.79 Å². The fourth-order valence-electron chi connectivity index (χ4n) is 1.43. The van der Waals surface area contributed by atoms with E-state index in [-0.39, 0.29) is 5.91 Å². The SMILES string of the molecule is Nc1c(Cl)cc(NC(=O)Cc2cccs2)cc1Cl. The molecule has 0 aliphatic rings. The fraction of sp³-hybridized carbons (Fsp3) is 0.0833. The Morgan fingerprint density at radius 1 is 1.33 bits per heavy atom. The lowest BCUT2D eigenvalue weighted by molar-refractivity contribution is -0.115. The third-order valence-electron chi connectivity index (χ3n) is 2.28. The highest BCUT2D eigenvalue weighted by Gasteiger charge is 2.08. The molecule has 0 radical (unpaired) electrons. The van der Waals surface area contributed by atoms with Crippen molar-refractivity contribution in [2.75, 3.05) is 11.1 Å². The van der Waals surface area contributed by atoms with Crippen LogP contribution < -0.4 is 11.1 Å². The van der Waals surface area contributed by atoms with E-state index in [1.54, 1.807) is 12.1 Å². The number of carbonyl (C=O) groups excluding carboxylic acids is 1. The van der Waals surface area contributed by atoms with Crippen LogP contribution in [0.5, 0.6) is 0 Å². The summed E-state index contributed by atoms with van der Waals surface area (Å²) in [4.78, 5) is 12.8. The van der Waals surface area contributed by atoms with Crippen LogP contribution >= 0.6 is 34.5 Å². The van der Waals surface area contributed by atoms with Gasteiger partial charge in [-0.05, 0) is 23.6 Å². The van der Waals surface area contributed by atoms with Crippen molar-refractivity contribution < 1.29 is 4.79 Å². The molecule has 0 aliphatic heterocycles. The molecule has 2 aromatic rings. The molecule has 0 fully saturated rings. The van der Waals surface area contributed by atoms with E-state index < -0.39 is 0 Å². The number of halogens is 2. The number of nitrogen functional groups attached to an aromatic ring is 1. The highest BCUT2D eigenvalue weighted by atomic mass is 35.5. The van der Waals surface area contributed by atoms with Crippen molar-refractivity contribution in [2.45, 2.75) is 6.42 Å². The maximum atomic E-state index is 11.8. The molecule has 0 atom stereocenters. The second-order valence-electron chi connectivity index (χ2n) is 3.66. The molecule has 3 N–H and O–H groups in total. The maximum absolute atomic E-state index is 11.8. The molecule has 6 heteroatoms. The molecule has 1 aromatic heterocycles. The summed E-state index contributed by atoms with van der Waals surface area (Å²) in [6, 6.07) is 6.97. The van der Waals surface area contributed by atoms with E-state index in [4.69, 9.17) is 28.9 Å². The first-order valence-electron chi connectivity index (χ1n) is 5.13. The molecule has 94 valence electrons. The number of nitrogens with one attached hydrogen (secondary N) is 1. The third-order valence-corrected chi connectivity index (χ3v) is 3.78. The van der Waals surface area contributed by atoms with E-state index in [1.165, 1.54) is 11.3 Å². The minimum atomic E-state index is -0.116. The normalized spacial score (nSPS) is 10.3. The van der Waals surface area contributed by atoms with Gasteiger partial charge in [0, 0.05) is 10.6 Å². The standard InChI is InChI=1S/C12H10Cl2N2OS/c13-9-4-7(5-10(14)12(9)15)16-11(17)6-8-2-1-3-18-8/h1-5H,6,15H2,(H,16,17). The van der Waals surface area contributed by atoms with Crippen LogP contribution in [0.15, 0.2) is 29.6 Å². The van der Waals surface area contributed by atoms with E-state index >= 15 is 0 Å². The van der Waals surface area contributed by atoms with Crippen LogP contribution in [0.2, 0.25) is 10.0 Å². The van der Waals surface area contributed by atoms with Crippen molar-refractivity contribution in [3.05, 3.63) is 44.6 Å². The molecule has 2 rings (SSSR count). The Labute approximate surface area is 119 Å². The Morgan fingerprint density at radius 2 is 2.00 bits per heavy atom. The Kier molecular flexibility index (Phi) is 4.11. The highest BCUT2D eigenvalue weighted by molar-refractivity contribution is 7.10. The summed E-state index contributed by atoms with van der Waals surface area (Å²) < 4.78 is 0. The Hall–Kier alpha value is -1.23. The van der Waals surface area contributed by atoms with E-state index in [0.29, 0.717) is 27.8 Å². The molecule has 1 heterocycles. The summed E-state index contributed by atoms with van der Waals surface area (Å²) in [6.45, 7) is 0. The van der Waals surface area contributed by atoms with Crippen molar-refractivity contribution in [2.24, 2.45) is 0 Å². The quantitative estimate of drug-likeness (QED) is 0.847. The number of benzene rings is 1. The van der Waals surface area contributed by atoms with Gasteiger partial charge in [-0.3, -0.25) is 4.79 Å². The molecule has 3 nitrogen and oxygen atoms in total. The van der Waals surface area contributed by atoms with Gasteiger partial charge in [0.1, 0.15) is 0 Å². The van der Waals surface area contributed by atoms with Gasteiger partial charge in [0.25, 0.3) is 0 Å². The zero-order valence-corrected chi connectivity index (χ0v) is 11.6. The first-order valence-corrected chi connectivity index (χ1v) is 6.76. The molecule has 0 bridgehead atoms. The second kappa shape index (κ2) is 5.61. The van der Waals surface area contributed by atoms with Gasteiger partial charge in [0.2, 0.25) is 5.91 Å². The lowest BCUT2D eigenvalue weighted by Gasteiger charge is -2.08. The van der Waals surface area contributed by atoms with Gasteiger partial charge in [-0.15, -0.1) is 11.3 Å². The third kappa shape index (κ3) is 3.16. The number of hydrogen-bond acceptors (Lipinski definition) is 3. The fourth-order valence-corrected chi connectivity index (χ4v) is 2.62. The number of nitrogens with two attached hydrogens (primary N) is 1. The van der Waals surface area contributed by atoms with Crippen LogP contribution in [-0.2, 0) is 11.2 Å². The van der Waals surface area contributed by atoms with Gasteiger partial charge < -0.3 is 11.1 Å². The van der Waals surface area contributed by atoms with Crippen LogP contribution in [0.1, 0.15) is 4.88 Å². The van der Waals surface area contributed by atoms with E-state index in [0.717, 1.165) is 4.88 Å². The second-order valence-corrected chi connectivity index (χ2v) is 5.50. The lowest BCUT2D eigenvalue weighted by Crippen LogP contribution is -2.13. The Morgan fingerprint density at radius 3 is 2.56 bits per heavy atom. The zero-order valence-electron chi connectivity index (χ0n) is 9.24. The summed E-state index contributed by atoms with van der Waals surface area (Å²) in [7, 11) is 0. The average molecular weight is 301 g/mol. The zero-order chi connectivity index (χ0) is 13.1. The van der Waals surface area contributed by atoms with Crippen molar-refractivity contribution in [3.63, 3.8) is 0 Å².